The van der Waals surface area contributed by atoms with E-state index in [1.165, 1.54) is 12.8 Å². The Labute approximate surface area is 158 Å². The van der Waals surface area contributed by atoms with E-state index in [4.69, 9.17) is 0 Å². The highest BCUT2D eigenvalue weighted by Crippen LogP contribution is 2.54. The Balaban J connectivity index is 0. The molecule has 0 atom stereocenters. The standard InChI is InChI=1S/C9H19OS.C4HF9O3S/c1-4-5-6-7-9(10)8-11(2)3;5-1(6,3(9,10)11)2(7,8)4(12,13)17(14,15)16/h4-8H2,1-3H3;(H,14,15,16)/q+1;/p-1. The smallest absolute Gasteiger partial charge is 0.460 e. The molecule has 0 spiro atoms. The minimum atomic E-state index is -7.43. The minimum absolute atomic E-state index is 0.299. The molecule has 0 amide bonds. The first kappa shape index (κ1) is 29.5. The molecule has 0 saturated carbocycles. The van der Waals surface area contributed by atoms with Gasteiger partial charge in [-0.15, -0.1) is 0 Å². The quantitative estimate of drug-likeness (QED) is 0.219. The molecule has 0 N–H and O–H groups in total. The van der Waals surface area contributed by atoms with E-state index >= 15 is 0 Å². The van der Waals surface area contributed by atoms with Crippen LogP contribution in [0.15, 0.2) is 0 Å². The van der Waals surface area contributed by atoms with Gasteiger partial charge in [0, 0.05) is 6.42 Å². The van der Waals surface area contributed by atoms with Gasteiger partial charge in [-0.2, -0.15) is 39.5 Å². The van der Waals surface area contributed by atoms with Crippen molar-refractivity contribution in [3.05, 3.63) is 0 Å². The van der Waals surface area contributed by atoms with Gasteiger partial charge in [0.1, 0.15) is 0 Å². The third-order valence-electron chi connectivity index (χ3n) is 2.94. The van der Waals surface area contributed by atoms with Crippen LogP contribution in [0.4, 0.5) is 39.5 Å². The Kier molecular flexibility index (Phi) is 10.9. The van der Waals surface area contributed by atoms with Crippen molar-refractivity contribution in [1.82, 2.24) is 0 Å². The highest BCUT2D eigenvalue weighted by molar-refractivity contribution is 7.96. The fourth-order valence-corrected chi connectivity index (χ4v) is 2.71. The Morgan fingerprint density at radius 3 is 1.61 bits per heavy atom. The summed E-state index contributed by atoms with van der Waals surface area (Å²) in [5.74, 6) is -13.6. The van der Waals surface area contributed by atoms with Crippen molar-refractivity contribution in [3.63, 3.8) is 0 Å². The second-order valence-electron chi connectivity index (χ2n) is 5.74. The van der Waals surface area contributed by atoms with Crippen molar-refractivity contribution >= 4 is 26.8 Å². The van der Waals surface area contributed by atoms with E-state index in [-0.39, 0.29) is 0 Å². The van der Waals surface area contributed by atoms with Crippen LogP contribution in [0.2, 0.25) is 0 Å². The van der Waals surface area contributed by atoms with E-state index in [9.17, 15) is 57.3 Å². The zero-order valence-corrected chi connectivity index (χ0v) is 16.5. The summed E-state index contributed by atoms with van der Waals surface area (Å²) in [6.07, 6.45) is 1.38. The SMILES string of the molecule is CCCCCC(=O)C[S+](C)C.O=S(=O)([O-])C(F)(F)C(F)(F)C(F)(F)C(F)(F)F. The van der Waals surface area contributed by atoms with Crippen LogP contribution >= 0.6 is 0 Å². The maximum absolute atomic E-state index is 12.2. The molecule has 0 aliphatic heterocycles. The average Bonchev–Trinajstić information content (AvgIpc) is 2.44. The number of alkyl halides is 9. The summed E-state index contributed by atoms with van der Waals surface area (Å²) in [5, 5.41) is -7.11. The van der Waals surface area contributed by atoms with Crippen molar-refractivity contribution in [2.75, 3.05) is 18.3 Å². The minimum Gasteiger partial charge on any atom is -0.743 e. The van der Waals surface area contributed by atoms with Gasteiger partial charge in [-0.1, -0.05) is 19.8 Å². The van der Waals surface area contributed by atoms with Crippen molar-refractivity contribution in [1.29, 1.82) is 0 Å². The van der Waals surface area contributed by atoms with E-state index in [2.05, 4.69) is 19.4 Å². The van der Waals surface area contributed by atoms with Gasteiger partial charge < -0.3 is 4.55 Å². The molecule has 0 radical (unpaired) electrons. The number of ketones is 1. The highest BCUT2D eigenvalue weighted by Gasteiger charge is 2.83. The Bertz CT molecular complexity index is 602. The fraction of sp³-hybridized carbons (Fsp3) is 0.923. The number of carbonyl (C=O) groups is 1. The lowest BCUT2D eigenvalue weighted by Crippen LogP contribution is -2.63. The number of hydrogen-bond acceptors (Lipinski definition) is 4. The summed E-state index contributed by atoms with van der Waals surface area (Å²) in [5.41, 5.74) is 0. The van der Waals surface area contributed by atoms with Crippen molar-refractivity contribution in [2.24, 2.45) is 0 Å². The van der Waals surface area contributed by atoms with Crippen LogP contribution < -0.4 is 0 Å². The van der Waals surface area contributed by atoms with Gasteiger partial charge in [-0.05, 0) is 17.3 Å². The first-order valence-corrected chi connectivity index (χ1v) is 11.0. The first-order valence-electron chi connectivity index (χ1n) is 7.38. The predicted molar refractivity (Wildman–Crippen MR) is 83.8 cm³/mol. The highest BCUT2D eigenvalue weighted by atomic mass is 32.2. The van der Waals surface area contributed by atoms with Gasteiger partial charge in [0.05, 0.1) is 12.5 Å². The molecular formula is C13H19F9O4S2. The maximum Gasteiger partial charge on any atom is 0.460 e. The van der Waals surface area contributed by atoms with Crippen LogP contribution in [0.5, 0.6) is 0 Å². The van der Waals surface area contributed by atoms with Gasteiger partial charge in [0.15, 0.2) is 21.7 Å². The van der Waals surface area contributed by atoms with Crippen LogP contribution in [0.1, 0.15) is 32.6 Å². The first-order chi connectivity index (χ1) is 12.2. The second kappa shape index (κ2) is 10.4. The number of unbranched alkanes of at least 4 members (excludes halogenated alkanes) is 2. The monoisotopic (exact) mass is 474 g/mol. The number of rotatable bonds is 9. The summed E-state index contributed by atoms with van der Waals surface area (Å²) in [7, 11) is -7.12. The van der Waals surface area contributed by atoms with Crippen molar-refractivity contribution in [2.45, 2.75) is 55.9 Å². The molecule has 0 unspecified atom stereocenters. The lowest BCUT2D eigenvalue weighted by molar-refractivity contribution is -0.382. The Morgan fingerprint density at radius 1 is 0.893 bits per heavy atom. The van der Waals surface area contributed by atoms with Gasteiger partial charge in [-0.3, -0.25) is 4.79 Å². The van der Waals surface area contributed by atoms with Crippen LogP contribution in [0.25, 0.3) is 0 Å². The molecule has 0 aromatic carbocycles. The van der Waals surface area contributed by atoms with Gasteiger partial charge >= 0.3 is 23.3 Å². The summed E-state index contributed by atoms with van der Waals surface area (Å²) in [6.45, 7) is 2.16. The van der Waals surface area contributed by atoms with Gasteiger partial charge in [0.25, 0.3) is 0 Å². The zero-order valence-electron chi connectivity index (χ0n) is 14.9. The van der Waals surface area contributed by atoms with E-state index in [0.717, 1.165) is 18.6 Å². The molecule has 4 nitrogen and oxygen atoms in total. The predicted octanol–water partition coefficient (Wildman–Crippen LogP) is 3.97. The summed E-state index contributed by atoms with van der Waals surface area (Å²) in [6, 6.07) is 0. The van der Waals surface area contributed by atoms with Gasteiger partial charge in [0.2, 0.25) is 0 Å². The lowest BCUT2D eigenvalue weighted by atomic mass is 10.1. The van der Waals surface area contributed by atoms with E-state index in [0.29, 0.717) is 16.7 Å². The number of halogens is 9. The molecule has 28 heavy (non-hydrogen) atoms. The molecule has 0 aliphatic rings. The van der Waals surface area contributed by atoms with Crippen molar-refractivity contribution in [3.8, 4) is 0 Å². The summed E-state index contributed by atoms with van der Waals surface area (Å²) in [4.78, 5) is 11.1. The van der Waals surface area contributed by atoms with E-state index < -0.39 is 33.4 Å². The number of hydrogen-bond donors (Lipinski definition) is 0. The van der Waals surface area contributed by atoms with Crippen LogP contribution in [-0.2, 0) is 25.8 Å². The van der Waals surface area contributed by atoms with Crippen LogP contribution in [0, 0.1) is 0 Å². The maximum atomic E-state index is 12.2. The molecule has 0 fully saturated rings. The van der Waals surface area contributed by atoms with E-state index in [1.807, 2.05) is 0 Å². The number of Topliss-reactive ketones (excluding diaryl/α,β-unsaturated/α-hetero) is 1. The third-order valence-corrected chi connectivity index (χ3v) is 4.72. The molecule has 0 bridgehead atoms. The molecule has 15 heteroatoms. The molecule has 0 aromatic rings. The molecule has 0 heterocycles. The summed E-state index contributed by atoms with van der Waals surface area (Å²) >= 11 is 0. The Morgan fingerprint density at radius 2 is 1.32 bits per heavy atom. The molecule has 0 saturated heterocycles. The molecule has 0 rings (SSSR count). The molecule has 0 aromatic heterocycles. The van der Waals surface area contributed by atoms with Crippen LogP contribution in [0.3, 0.4) is 0 Å². The van der Waals surface area contributed by atoms with Crippen LogP contribution in [-0.4, -0.2) is 60.3 Å². The zero-order chi connectivity index (χ0) is 23.2. The third kappa shape index (κ3) is 7.61. The molecule has 170 valence electrons. The Hall–Kier alpha value is -0.700. The van der Waals surface area contributed by atoms with E-state index in [1.54, 1.807) is 0 Å². The fourth-order valence-electron chi connectivity index (χ4n) is 1.48. The average molecular weight is 474 g/mol. The van der Waals surface area contributed by atoms with Crippen molar-refractivity contribution < 1.29 is 57.3 Å². The summed E-state index contributed by atoms with van der Waals surface area (Å²) < 4.78 is 135. The lowest BCUT2D eigenvalue weighted by Gasteiger charge is -2.34. The van der Waals surface area contributed by atoms with Gasteiger partial charge in [-0.25, -0.2) is 8.42 Å². The largest absolute Gasteiger partial charge is 0.743 e. The topological polar surface area (TPSA) is 74.3 Å². The second-order valence-corrected chi connectivity index (χ2v) is 9.42. The molecule has 0 aliphatic carbocycles. The normalized spacial score (nSPS) is 13.9. The molecular weight excluding hydrogens is 455 g/mol. The number of carbonyl (C=O) groups excluding carboxylic acids is 1.